The van der Waals surface area contributed by atoms with Gasteiger partial charge in [-0.15, -0.1) is 0 Å². The number of phenols is 1. The fourth-order valence-corrected chi connectivity index (χ4v) is 5.50. The van der Waals surface area contributed by atoms with E-state index >= 15 is 0 Å². The molecule has 0 fully saturated rings. The van der Waals surface area contributed by atoms with E-state index in [0.29, 0.717) is 25.0 Å². The van der Waals surface area contributed by atoms with Gasteiger partial charge in [0.05, 0.1) is 24.3 Å². The highest BCUT2D eigenvalue weighted by atomic mass is 35.5. The van der Waals surface area contributed by atoms with E-state index < -0.39 is 70.6 Å². The lowest BCUT2D eigenvalue weighted by atomic mass is 9.89. The minimum Gasteiger partial charge on any atom is -0.503 e. The number of rotatable bonds is 10. The van der Waals surface area contributed by atoms with E-state index in [4.69, 9.17) is 37.1 Å². The van der Waals surface area contributed by atoms with Crippen molar-refractivity contribution in [1.29, 1.82) is 0 Å². The normalized spacial score (nSPS) is 11.6. The van der Waals surface area contributed by atoms with Crippen LogP contribution in [0.15, 0.2) is 38.4 Å². The molecule has 1 aliphatic heterocycles. The number of ether oxygens (including phenoxy) is 2. The number of hydrogen-bond acceptors (Lipinski definition) is 9. The molecule has 0 atom stereocenters. The Balaban J connectivity index is 2.38. The Bertz CT molecular complexity index is 1900. The average molecular weight is 641 g/mol. The summed E-state index contributed by atoms with van der Waals surface area (Å²) in [6.07, 6.45) is 1.00. The van der Waals surface area contributed by atoms with Gasteiger partial charge in [-0.05, 0) is 37.1 Å². The first kappa shape index (κ1) is 30.9. The van der Waals surface area contributed by atoms with Crippen LogP contribution in [0.1, 0.15) is 47.4 Å². The summed E-state index contributed by atoms with van der Waals surface area (Å²) in [7, 11) is -5.31. The van der Waals surface area contributed by atoms with Crippen LogP contribution in [-0.2, 0) is 10.1 Å². The molecule has 0 bridgehead atoms. The zero-order valence-corrected chi connectivity index (χ0v) is 24.2. The van der Waals surface area contributed by atoms with E-state index in [1.807, 2.05) is 0 Å². The van der Waals surface area contributed by atoms with Crippen LogP contribution in [0.25, 0.3) is 33.4 Å². The molecular weight excluding hydrogens is 619 g/mol. The van der Waals surface area contributed by atoms with Crippen LogP contribution in [0.4, 0.5) is 0 Å². The molecule has 15 heteroatoms. The first-order valence-corrected chi connectivity index (χ1v) is 14.4. The number of halogens is 2. The van der Waals surface area contributed by atoms with Crippen molar-refractivity contribution in [3.63, 3.8) is 0 Å². The monoisotopic (exact) mass is 640 g/mol. The van der Waals surface area contributed by atoms with Crippen LogP contribution in [0.3, 0.4) is 0 Å². The Morgan fingerprint density at radius 1 is 0.905 bits per heavy atom. The van der Waals surface area contributed by atoms with Gasteiger partial charge in [-0.1, -0.05) is 37.0 Å². The molecule has 0 spiro atoms. The summed E-state index contributed by atoms with van der Waals surface area (Å²) in [5.41, 5.74) is -3.92. The lowest BCUT2D eigenvalue weighted by Gasteiger charge is -2.22. The van der Waals surface area contributed by atoms with Crippen molar-refractivity contribution in [3.05, 3.63) is 55.7 Å². The summed E-state index contributed by atoms with van der Waals surface area (Å²) in [4.78, 5) is 36.2. The molecule has 0 unspecified atom stereocenters. The third kappa shape index (κ3) is 5.43. The Hall–Kier alpha value is -4.04. The largest absolute Gasteiger partial charge is 0.503 e. The number of aromatic carboxylic acids is 2. The Labute approximate surface area is 247 Å². The van der Waals surface area contributed by atoms with Crippen molar-refractivity contribution in [1.82, 2.24) is 0 Å². The topological polar surface area (TPSA) is 198 Å². The molecule has 0 aromatic heterocycles. The zero-order chi connectivity index (χ0) is 31.1. The number of hydrogen-bond donors (Lipinski definition) is 4. The van der Waals surface area contributed by atoms with Crippen LogP contribution in [0.5, 0.6) is 17.2 Å². The van der Waals surface area contributed by atoms with Crippen molar-refractivity contribution in [2.45, 2.75) is 31.6 Å². The summed E-state index contributed by atoms with van der Waals surface area (Å²) in [6, 6.07) is 3.62. The average Bonchev–Trinajstić information content (AvgIpc) is 2.93. The van der Waals surface area contributed by atoms with Crippen molar-refractivity contribution in [2.24, 2.45) is 0 Å². The van der Waals surface area contributed by atoms with Gasteiger partial charge in [0.1, 0.15) is 14.9 Å². The minimum absolute atomic E-state index is 0.0792. The number of carbonyl (C=O) groups is 2. The maximum Gasteiger partial charge on any atom is 0.336 e. The number of aromatic hydroxyl groups is 1. The second-order valence-electron chi connectivity index (χ2n) is 8.96. The van der Waals surface area contributed by atoms with E-state index in [2.05, 4.69) is 0 Å². The van der Waals surface area contributed by atoms with Crippen LogP contribution < -0.4 is 14.9 Å². The fraction of sp³-hybridized carbons (Fsp3) is 0.222. The van der Waals surface area contributed by atoms with E-state index in [1.54, 1.807) is 13.8 Å². The Morgan fingerprint density at radius 2 is 1.52 bits per heavy atom. The second-order valence-corrected chi connectivity index (χ2v) is 11.1. The van der Waals surface area contributed by atoms with E-state index in [-0.39, 0.29) is 46.8 Å². The predicted molar refractivity (Wildman–Crippen MR) is 152 cm³/mol. The molecule has 4 N–H and O–H groups in total. The standard InChI is InChI=1S/C27H22Cl2O12S/c1-3-5-39-15-9-12-18(19-14(27(34)35)7-11(26(32)33)8-17(19)42(36,37)38)13-10-16(40-6-4-2)23(31)21(29)25(13)41-24(12)20(28)22(15)30/h7-10,30H,3-6H2,1-2H3,(H,32,33)(H,34,35)(H,36,37,38). The van der Waals surface area contributed by atoms with Gasteiger partial charge >= 0.3 is 11.9 Å². The molecule has 4 rings (SSSR count). The highest BCUT2D eigenvalue weighted by molar-refractivity contribution is 7.86. The van der Waals surface area contributed by atoms with Crippen LogP contribution in [-0.4, -0.2) is 53.4 Å². The van der Waals surface area contributed by atoms with Gasteiger partial charge in [0.25, 0.3) is 10.1 Å². The van der Waals surface area contributed by atoms with Crippen LogP contribution >= 0.6 is 23.2 Å². The maximum atomic E-state index is 13.0. The third-order valence-electron chi connectivity index (χ3n) is 6.08. The molecule has 0 radical (unpaired) electrons. The van der Waals surface area contributed by atoms with Gasteiger partial charge in [-0.25, -0.2) is 9.59 Å². The van der Waals surface area contributed by atoms with Crippen molar-refractivity contribution in [2.75, 3.05) is 13.2 Å². The number of carboxylic acid groups (broad SMARTS) is 2. The van der Waals surface area contributed by atoms with Gasteiger partial charge < -0.3 is 29.2 Å². The van der Waals surface area contributed by atoms with Crippen LogP contribution in [0.2, 0.25) is 10.0 Å². The first-order valence-electron chi connectivity index (χ1n) is 12.2. The molecule has 42 heavy (non-hydrogen) atoms. The third-order valence-corrected chi connectivity index (χ3v) is 7.65. The first-order chi connectivity index (χ1) is 19.7. The number of carboxylic acids is 2. The lowest BCUT2D eigenvalue weighted by molar-refractivity contribution is 0.0696. The van der Waals surface area contributed by atoms with Crippen LogP contribution in [0, 0.1) is 0 Å². The highest BCUT2D eigenvalue weighted by Crippen LogP contribution is 2.51. The van der Waals surface area contributed by atoms with Crippen molar-refractivity contribution >= 4 is 56.2 Å². The Kier molecular flexibility index (Phi) is 8.60. The SMILES string of the molecule is CCCOc1cc2c(-c3c(C(=O)O)cc(C(=O)O)cc3S(=O)(=O)O)c3cc(OCCC)c(=O)c(Cl)c-3oc2c(Cl)c1O. The molecule has 1 heterocycles. The maximum absolute atomic E-state index is 13.0. The lowest BCUT2D eigenvalue weighted by Crippen LogP contribution is -2.14. The van der Waals surface area contributed by atoms with Gasteiger partial charge in [0, 0.05) is 22.1 Å². The molecule has 12 nitrogen and oxygen atoms in total. The zero-order valence-electron chi connectivity index (χ0n) is 21.9. The van der Waals surface area contributed by atoms with E-state index in [9.17, 15) is 42.7 Å². The summed E-state index contributed by atoms with van der Waals surface area (Å²) in [5, 5.41) is 29.2. The Morgan fingerprint density at radius 3 is 2.07 bits per heavy atom. The fourth-order valence-electron chi connectivity index (χ4n) is 4.29. The van der Waals surface area contributed by atoms with Gasteiger partial charge in [0.2, 0.25) is 5.43 Å². The van der Waals surface area contributed by atoms with E-state index in [0.717, 1.165) is 6.07 Å². The van der Waals surface area contributed by atoms with Gasteiger partial charge in [-0.2, -0.15) is 8.42 Å². The molecular formula is C27H22Cl2O12S. The van der Waals surface area contributed by atoms with Crippen molar-refractivity contribution < 1.29 is 51.8 Å². The molecule has 2 aliphatic rings. The molecule has 0 saturated heterocycles. The van der Waals surface area contributed by atoms with Gasteiger partial charge in [-0.3, -0.25) is 9.35 Å². The smallest absolute Gasteiger partial charge is 0.336 e. The molecule has 222 valence electrons. The number of benzene rings is 3. The summed E-state index contributed by atoms with van der Waals surface area (Å²) >= 11 is 12.8. The highest BCUT2D eigenvalue weighted by Gasteiger charge is 2.33. The van der Waals surface area contributed by atoms with Gasteiger partial charge in [0.15, 0.2) is 28.6 Å². The van der Waals surface area contributed by atoms with E-state index in [1.165, 1.54) is 6.07 Å². The molecule has 1 aliphatic carbocycles. The number of fused-ring (bicyclic) bond motifs is 2. The molecule has 0 saturated carbocycles. The quantitative estimate of drug-likeness (QED) is 0.120. The molecule has 2 aromatic carbocycles. The van der Waals surface area contributed by atoms with Crippen molar-refractivity contribution in [3.8, 4) is 39.7 Å². The summed E-state index contributed by atoms with van der Waals surface area (Å²) in [5.74, 6) is -4.89. The predicted octanol–water partition coefficient (Wildman–Crippen LogP) is 5.80. The minimum atomic E-state index is -5.31. The molecule has 2 aromatic rings. The number of phenolic OH excluding ortho intramolecular Hbond substituents is 1. The summed E-state index contributed by atoms with van der Waals surface area (Å²) < 4.78 is 52.5. The molecule has 0 amide bonds. The summed E-state index contributed by atoms with van der Waals surface area (Å²) in [6.45, 7) is 3.75. The second kappa shape index (κ2) is 11.7.